The molecular weight excluding hydrogens is 176 g/mol. The molecule has 0 aliphatic carbocycles. The highest BCUT2D eigenvalue weighted by atomic mass is 35.5. The summed E-state index contributed by atoms with van der Waals surface area (Å²) in [6.45, 7) is 0. The summed E-state index contributed by atoms with van der Waals surface area (Å²) in [5, 5.41) is 0.508. The minimum atomic E-state index is -0.251. The number of halogens is 1. The van der Waals surface area contributed by atoms with E-state index < -0.39 is 0 Å². The number of fused-ring (bicyclic) bond motifs is 1. The molecule has 3 nitrogen and oxygen atoms in total. The van der Waals surface area contributed by atoms with Crippen LogP contribution in [-0.2, 0) is 4.79 Å². The lowest BCUT2D eigenvalue weighted by atomic mass is 10.1. The number of amides is 1. The third kappa shape index (κ3) is 1.23. The van der Waals surface area contributed by atoms with Crippen molar-refractivity contribution in [2.45, 2.75) is 6.04 Å². The quantitative estimate of drug-likeness (QED) is 0.551. The smallest absolute Gasteiger partial charge is 0.269 e. The lowest BCUT2D eigenvalue weighted by Gasteiger charge is -2.14. The van der Waals surface area contributed by atoms with Gasteiger partial charge in [-0.3, -0.25) is 9.79 Å². The first kappa shape index (κ1) is 7.43. The van der Waals surface area contributed by atoms with Crippen molar-refractivity contribution in [3.8, 4) is 0 Å². The number of carbonyl (C=O) groups excluding carboxylic acids is 1. The summed E-state index contributed by atoms with van der Waals surface area (Å²) in [7, 11) is 0. The van der Waals surface area contributed by atoms with Gasteiger partial charge in [0.15, 0.2) is 0 Å². The molecule has 0 radical (unpaired) electrons. The van der Waals surface area contributed by atoms with Crippen molar-refractivity contribution >= 4 is 29.4 Å². The minimum Gasteiger partial charge on any atom is -0.278 e. The largest absolute Gasteiger partial charge is 0.278 e. The zero-order valence-electron chi connectivity index (χ0n) is 6.07. The van der Waals surface area contributed by atoms with Crippen LogP contribution < -0.4 is 0 Å². The summed E-state index contributed by atoms with van der Waals surface area (Å²) in [5.74, 6) is -0.251. The number of nitrogens with zero attached hydrogens (tertiary/aromatic N) is 2. The van der Waals surface area contributed by atoms with Crippen molar-refractivity contribution in [3.63, 3.8) is 0 Å². The van der Waals surface area contributed by atoms with Gasteiger partial charge in [0.2, 0.25) is 0 Å². The molecule has 12 heavy (non-hydrogen) atoms. The third-order valence-corrected chi connectivity index (χ3v) is 1.81. The van der Waals surface area contributed by atoms with Crippen molar-refractivity contribution in [3.05, 3.63) is 23.3 Å². The van der Waals surface area contributed by atoms with Gasteiger partial charge in [-0.1, -0.05) is 11.6 Å². The van der Waals surface area contributed by atoms with Crippen molar-refractivity contribution < 1.29 is 4.79 Å². The number of carbonyl (C=O) groups is 1. The zero-order valence-corrected chi connectivity index (χ0v) is 6.82. The summed E-state index contributed by atoms with van der Waals surface area (Å²) in [4.78, 5) is 18.7. The fourth-order valence-electron chi connectivity index (χ4n) is 1.08. The van der Waals surface area contributed by atoms with E-state index in [4.69, 9.17) is 11.6 Å². The molecule has 2 rings (SSSR count). The molecule has 0 aromatic heterocycles. The molecule has 1 atom stereocenters. The molecular formula is C8H5ClN2O. The lowest BCUT2D eigenvalue weighted by molar-refractivity contribution is -0.113. The van der Waals surface area contributed by atoms with Gasteiger partial charge in [-0.15, -0.1) is 0 Å². The van der Waals surface area contributed by atoms with E-state index in [1.807, 2.05) is 0 Å². The Morgan fingerprint density at radius 3 is 3.17 bits per heavy atom. The molecule has 0 N–H and O–H groups in total. The second-order valence-electron chi connectivity index (χ2n) is 2.49. The maximum Gasteiger partial charge on any atom is 0.269 e. The minimum absolute atomic E-state index is 0.120. The first-order valence-corrected chi connectivity index (χ1v) is 3.84. The van der Waals surface area contributed by atoms with Crippen LogP contribution in [0, 0.1) is 0 Å². The molecule has 0 saturated carbocycles. The Balaban J connectivity index is 2.40. The van der Waals surface area contributed by atoms with Gasteiger partial charge in [0.05, 0.1) is 10.7 Å². The highest BCUT2D eigenvalue weighted by Crippen LogP contribution is 2.13. The third-order valence-electron chi connectivity index (χ3n) is 1.61. The summed E-state index contributed by atoms with van der Waals surface area (Å²) in [6.07, 6.45) is 6.34. The van der Waals surface area contributed by atoms with Crippen LogP contribution >= 0.6 is 11.6 Å². The summed E-state index contributed by atoms with van der Waals surface area (Å²) in [5.41, 5.74) is 0.620. The predicted octanol–water partition coefficient (Wildman–Crippen LogP) is 1.10. The normalized spacial score (nSPS) is 26.4. The van der Waals surface area contributed by atoms with E-state index in [0.717, 1.165) is 0 Å². The van der Waals surface area contributed by atoms with E-state index in [1.54, 1.807) is 18.4 Å². The Kier molecular flexibility index (Phi) is 1.66. The summed E-state index contributed by atoms with van der Waals surface area (Å²) < 4.78 is 0. The number of aliphatic imine (C=N–C) groups is 2. The predicted molar refractivity (Wildman–Crippen MR) is 47.8 cm³/mol. The molecule has 0 saturated heterocycles. The maximum atomic E-state index is 10.8. The topological polar surface area (TPSA) is 41.8 Å². The Hall–Kier alpha value is -1.22. The van der Waals surface area contributed by atoms with Crippen LogP contribution in [0.5, 0.6) is 0 Å². The Labute approximate surface area is 74.2 Å². The molecule has 60 valence electrons. The number of dihydropyridines is 2. The van der Waals surface area contributed by atoms with Gasteiger partial charge >= 0.3 is 0 Å². The molecule has 0 bridgehead atoms. The van der Waals surface area contributed by atoms with Crippen LogP contribution in [0.25, 0.3) is 0 Å². The van der Waals surface area contributed by atoms with E-state index in [0.29, 0.717) is 10.7 Å². The lowest BCUT2D eigenvalue weighted by Crippen LogP contribution is -2.22. The first-order chi connectivity index (χ1) is 5.75. The molecule has 0 aromatic rings. The average molecular weight is 181 g/mol. The molecule has 2 heterocycles. The fourth-order valence-corrected chi connectivity index (χ4v) is 1.24. The van der Waals surface area contributed by atoms with Crippen LogP contribution in [0.2, 0.25) is 0 Å². The van der Waals surface area contributed by atoms with Gasteiger partial charge in [-0.25, -0.2) is 4.99 Å². The van der Waals surface area contributed by atoms with E-state index in [9.17, 15) is 4.79 Å². The van der Waals surface area contributed by atoms with E-state index >= 15 is 0 Å². The van der Waals surface area contributed by atoms with Crippen LogP contribution in [-0.4, -0.2) is 23.9 Å². The average Bonchev–Trinajstić information content (AvgIpc) is 2.03. The van der Waals surface area contributed by atoms with Crippen LogP contribution in [0.4, 0.5) is 0 Å². The molecule has 2 aliphatic rings. The van der Waals surface area contributed by atoms with E-state index in [-0.39, 0.29) is 11.9 Å². The van der Waals surface area contributed by atoms with Gasteiger partial charge in [0.1, 0.15) is 6.04 Å². The zero-order chi connectivity index (χ0) is 8.55. The highest BCUT2D eigenvalue weighted by molar-refractivity contribution is 6.42. The Morgan fingerprint density at radius 2 is 2.33 bits per heavy atom. The molecule has 2 aliphatic heterocycles. The summed E-state index contributed by atoms with van der Waals surface area (Å²) >= 11 is 5.68. The monoisotopic (exact) mass is 180 g/mol. The van der Waals surface area contributed by atoms with Crippen molar-refractivity contribution in [2.75, 3.05) is 0 Å². The fraction of sp³-hybridized carbons (Fsp3) is 0.125. The van der Waals surface area contributed by atoms with Gasteiger partial charge < -0.3 is 0 Å². The van der Waals surface area contributed by atoms with Crippen LogP contribution in [0.15, 0.2) is 33.2 Å². The van der Waals surface area contributed by atoms with Crippen LogP contribution in [0.3, 0.4) is 0 Å². The SMILES string of the molecule is O=C1C=CC2N=CC(Cl)=CC2=N1. The number of hydrogen-bond acceptors (Lipinski definition) is 2. The molecule has 0 aromatic carbocycles. The van der Waals surface area contributed by atoms with Crippen molar-refractivity contribution in [1.29, 1.82) is 0 Å². The standard InChI is InChI=1S/C8H5ClN2O/c9-5-3-7-6(10-4-5)1-2-8(12)11-7/h1-4,6H. The Bertz CT molecular complexity index is 352. The van der Waals surface area contributed by atoms with E-state index in [2.05, 4.69) is 9.98 Å². The molecule has 1 unspecified atom stereocenters. The molecule has 0 fully saturated rings. The second-order valence-corrected chi connectivity index (χ2v) is 2.92. The van der Waals surface area contributed by atoms with E-state index in [1.165, 1.54) is 6.08 Å². The van der Waals surface area contributed by atoms with Crippen LogP contribution in [0.1, 0.15) is 0 Å². The van der Waals surface area contributed by atoms with Gasteiger partial charge in [0.25, 0.3) is 5.91 Å². The van der Waals surface area contributed by atoms with Gasteiger partial charge in [-0.05, 0) is 12.2 Å². The van der Waals surface area contributed by atoms with Crippen molar-refractivity contribution in [2.24, 2.45) is 9.98 Å². The number of hydrogen-bond donors (Lipinski definition) is 0. The molecule has 4 heteroatoms. The molecule has 1 amide bonds. The second kappa shape index (κ2) is 2.68. The van der Waals surface area contributed by atoms with Crippen molar-refractivity contribution in [1.82, 2.24) is 0 Å². The number of allylic oxidation sites excluding steroid dienone is 1. The highest BCUT2D eigenvalue weighted by Gasteiger charge is 2.18. The summed E-state index contributed by atoms with van der Waals surface area (Å²) in [6, 6.07) is -0.120. The van der Waals surface area contributed by atoms with Gasteiger partial charge in [-0.2, -0.15) is 0 Å². The number of rotatable bonds is 0. The Morgan fingerprint density at radius 1 is 1.50 bits per heavy atom. The van der Waals surface area contributed by atoms with Gasteiger partial charge in [0, 0.05) is 12.3 Å². The maximum absolute atomic E-state index is 10.8. The first-order valence-electron chi connectivity index (χ1n) is 3.47. The molecule has 0 spiro atoms.